The van der Waals surface area contributed by atoms with Gasteiger partial charge in [0.2, 0.25) is 0 Å². The second-order valence-corrected chi connectivity index (χ2v) is 6.11. The highest BCUT2D eigenvalue weighted by molar-refractivity contribution is 6.29. The molecule has 2 saturated heterocycles. The second-order valence-electron chi connectivity index (χ2n) is 5.72. The highest BCUT2D eigenvalue weighted by Crippen LogP contribution is 2.35. The molecule has 0 aliphatic carbocycles. The zero-order chi connectivity index (χ0) is 14.3. The van der Waals surface area contributed by atoms with E-state index in [0.29, 0.717) is 29.0 Å². The molecule has 3 heterocycles. The zero-order valence-corrected chi connectivity index (χ0v) is 12.1. The quantitative estimate of drug-likeness (QED) is 0.839. The fourth-order valence-electron chi connectivity index (χ4n) is 3.47. The molecule has 0 spiro atoms. The van der Waals surface area contributed by atoms with Crippen LogP contribution in [-0.2, 0) is 0 Å². The number of carboxylic acid groups (broad SMARTS) is 1. The average Bonchev–Trinajstić information content (AvgIpc) is 2.62. The van der Waals surface area contributed by atoms with Gasteiger partial charge in [-0.2, -0.15) is 0 Å². The summed E-state index contributed by atoms with van der Waals surface area (Å²) in [6.45, 7) is 0. The van der Waals surface area contributed by atoms with E-state index >= 15 is 0 Å². The van der Waals surface area contributed by atoms with Gasteiger partial charge in [0.1, 0.15) is 10.7 Å². The van der Waals surface area contributed by atoms with Gasteiger partial charge in [-0.05, 0) is 38.8 Å². The number of carbonyl (C=O) groups is 1. The molecule has 2 aliphatic heterocycles. The Hall–Kier alpha value is -1.33. The molecule has 108 valence electrons. The third-order valence-corrected chi connectivity index (χ3v) is 4.77. The smallest absolute Gasteiger partial charge is 0.339 e. The summed E-state index contributed by atoms with van der Waals surface area (Å²) < 4.78 is 0. The Kier molecular flexibility index (Phi) is 3.56. The van der Waals surface area contributed by atoms with Crippen molar-refractivity contribution in [1.29, 1.82) is 0 Å². The van der Waals surface area contributed by atoms with Gasteiger partial charge in [0.05, 0.1) is 5.69 Å². The summed E-state index contributed by atoms with van der Waals surface area (Å²) in [5.41, 5.74) is 0.757. The van der Waals surface area contributed by atoms with E-state index in [1.54, 1.807) is 6.07 Å². The molecule has 1 aromatic rings. The SMILES string of the molecule is CN1C2CCC1CC(Nc1cc(Cl)ncc1C(=O)O)C2. The molecule has 20 heavy (non-hydrogen) atoms. The van der Waals surface area contributed by atoms with Gasteiger partial charge in [0.15, 0.2) is 0 Å². The normalized spacial score (nSPS) is 29.4. The lowest BCUT2D eigenvalue weighted by molar-refractivity contribution is 0.0697. The number of nitrogens with one attached hydrogen (secondary N) is 1. The van der Waals surface area contributed by atoms with E-state index in [1.807, 2.05) is 0 Å². The van der Waals surface area contributed by atoms with Crippen LogP contribution in [-0.4, -0.2) is 46.1 Å². The molecule has 0 amide bonds. The second kappa shape index (κ2) is 5.22. The summed E-state index contributed by atoms with van der Waals surface area (Å²) in [7, 11) is 2.19. The van der Waals surface area contributed by atoms with Crippen molar-refractivity contribution in [1.82, 2.24) is 9.88 Å². The Balaban J connectivity index is 1.78. The zero-order valence-electron chi connectivity index (χ0n) is 11.3. The lowest BCUT2D eigenvalue weighted by atomic mass is 9.97. The van der Waals surface area contributed by atoms with Crippen LogP contribution in [0, 0.1) is 0 Å². The number of hydrogen-bond acceptors (Lipinski definition) is 4. The first-order valence-corrected chi connectivity index (χ1v) is 7.29. The third-order valence-electron chi connectivity index (χ3n) is 4.56. The van der Waals surface area contributed by atoms with Gasteiger partial charge in [-0.3, -0.25) is 0 Å². The number of aromatic carboxylic acids is 1. The summed E-state index contributed by atoms with van der Waals surface area (Å²) in [6.07, 6.45) is 5.89. The molecule has 2 aliphatic rings. The van der Waals surface area contributed by atoms with Gasteiger partial charge in [-0.25, -0.2) is 9.78 Å². The Labute approximate surface area is 122 Å². The van der Waals surface area contributed by atoms with Crippen LogP contribution < -0.4 is 5.32 Å². The number of aromatic nitrogens is 1. The van der Waals surface area contributed by atoms with Crippen LogP contribution in [0.5, 0.6) is 0 Å². The van der Waals surface area contributed by atoms with Crippen molar-refractivity contribution in [2.45, 2.75) is 43.8 Å². The lowest BCUT2D eigenvalue weighted by Gasteiger charge is -2.37. The molecule has 0 saturated carbocycles. The molecule has 6 heteroatoms. The number of nitrogens with zero attached hydrogens (tertiary/aromatic N) is 2. The first kappa shape index (κ1) is 13.6. The highest BCUT2D eigenvalue weighted by atomic mass is 35.5. The first-order valence-electron chi connectivity index (χ1n) is 6.92. The van der Waals surface area contributed by atoms with E-state index in [0.717, 1.165) is 12.8 Å². The summed E-state index contributed by atoms with van der Waals surface area (Å²) in [5, 5.41) is 12.9. The number of hydrogen-bond donors (Lipinski definition) is 2. The maximum atomic E-state index is 11.2. The molecular formula is C14H18ClN3O2. The van der Waals surface area contributed by atoms with Crippen molar-refractivity contribution in [2.75, 3.05) is 12.4 Å². The van der Waals surface area contributed by atoms with Crippen LogP contribution in [0.1, 0.15) is 36.0 Å². The first-order chi connectivity index (χ1) is 9.54. The van der Waals surface area contributed by atoms with Crippen molar-refractivity contribution in [3.05, 3.63) is 23.0 Å². The van der Waals surface area contributed by atoms with Crippen LogP contribution >= 0.6 is 11.6 Å². The van der Waals surface area contributed by atoms with Gasteiger partial charge >= 0.3 is 5.97 Å². The molecule has 2 unspecified atom stereocenters. The minimum Gasteiger partial charge on any atom is -0.478 e. The van der Waals surface area contributed by atoms with Crippen molar-refractivity contribution in [3.8, 4) is 0 Å². The molecular weight excluding hydrogens is 278 g/mol. The molecule has 5 nitrogen and oxygen atoms in total. The summed E-state index contributed by atoms with van der Waals surface area (Å²) >= 11 is 5.88. The standard InChI is InChI=1S/C14H18ClN3O2/c1-18-9-2-3-10(18)5-8(4-9)17-12-6-13(15)16-7-11(12)14(19)20/h6-10H,2-5H2,1H3,(H,16,17)(H,19,20). The average molecular weight is 296 g/mol. The van der Waals surface area contributed by atoms with Gasteiger partial charge in [0.25, 0.3) is 0 Å². The Bertz CT molecular complexity index is 523. The number of anilines is 1. The number of carboxylic acids is 1. The summed E-state index contributed by atoms with van der Waals surface area (Å²) in [4.78, 5) is 17.5. The van der Waals surface area contributed by atoms with Crippen LogP contribution in [0.2, 0.25) is 5.15 Å². The molecule has 0 aromatic carbocycles. The van der Waals surface area contributed by atoms with E-state index in [2.05, 4.69) is 22.2 Å². The van der Waals surface area contributed by atoms with Crippen LogP contribution in [0.25, 0.3) is 0 Å². The Morgan fingerprint density at radius 1 is 1.45 bits per heavy atom. The third kappa shape index (κ3) is 2.47. The van der Waals surface area contributed by atoms with Crippen molar-refractivity contribution < 1.29 is 9.90 Å². The molecule has 2 atom stereocenters. The van der Waals surface area contributed by atoms with Crippen LogP contribution in [0.15, 0.2) is 12.3 Å². The Morgan fingerprint density at radius 2 is 2.10 bits per heavy atom. The van der Waals surface area contributed by atoms with E-state index in [9.17, 15) is 9.90 Å². The number of halogens is 1. The fraction of sp³-hybridized carbons (Fsp3) is 0.571. The van der Waals surface area contributed by atoms with Crippen LogP contribution in [0.3, 0.4) is 0 Å². The van der Waals surface area contributed by atoms with Crippen LogP contribution in [0.4, 0.5) is 5.69 Å². The van der Waals surface area contributed by atoms with Crippen molar-refractivity contribution in [2.24, 2.45) is 0 Å². The number of rotatable bonds is 3. The molecule has 3 rings (SSSR count). The summed E-state index contributed by atoms with van der Waals surface area (Å²) in [6, 6.07) is 3.12. The molecule has 0 radical (unpaired) electrons. The monoisotopic (exact) mass is 295 g/mol. The van der Waals surface area contributed by atoms with Gasteiger partial charge in [-0.1, -0.05) is 11.6 Å². The molecule has 2 N–H and O–H groups in total. The maximum absolute atomic E-state index is 11.2. The number of fused-ring (bicyclic) bond motifs is 2. The molecule has 2 fully saturated rings. The van der Waals surface area contributed by atoms with Gasteiger partial charge in [-0.15, -0.1) is 0 Å². The summed E-state index contributed by atoms with van der Waals surface area (Å²) in [5.74, 6) is -0.979. The topological polar surface area (TPSA) is 65.5 Å². The lowest BCUT2D eigenvalue weighted by Crippen LogP contribution is -2.44. The number of pyridine rings is 1. The van der Waals surface area contributed by atoms with E-state index < -0.39 is 5.97 Å². The van der Waals surface area contributed by atoms with E-state index in [1.165, 1.54) is 19.0 Å². The largest absolute Gasteiger partial charge is 0.478 e. The van der Waals surface area contributed by atoms with E-state index in [4.69, 9.17) is 11.6 Å². The van der Waals surface area contributed by atoms with Gasteiger partial charge < -0.3 is 15.3 Å². The molecule has 2 bridgehead atoms. The Morgan fingerprint density at radius 3 is 2.70 bits per heavy atom. The van der Waals surface area contributed by atoms with Crippen molar-refractivity contribution in [3.63, 3.8) is 0 Å². The predicted molar refractivity (Wildman–Crippen MR) is 77.4 cm³/mol. The minimum absolute atomic E-state index is 0.181. The van der Waals surface area contributed by atoms with Crippen molar-refractivity contribution >= 4 is 23.3 Å². The van der Waals surface area contributed by atoms with E-state index in [-0.39, 0.29) is 5.56 Å². The van der Waals surface area contributed by atoms with Gasteiger partial charge in [0, 0.05) is 24.3 Å². The molecule has 1 aromatic heterocycles. The minimum atomic E-state index is -0.979. The number of piperidine rings is 1. The predicted octanol–water partition coefficient (Wildman–Crippen LogP) is 2.47. The fourth-order valence-corrected chi connectivity index (χ4v) is 3.63. The maximum Gasteiger partial charge on any atom is 0.339 e. The highest BCUT2D eigenvalue weighted by Gasteiger charge is 2.38.